The van der Waals surface area contributed by atoms with Gasteiger partial charge in [0.2, 0.25) is 0 Å². The van der Waals surface area contributed by atoms with Crippen molar-refractivity contribution in [3.05, 3.63) is 95.7 Å². The van der Waals surface area contributed by atoms with E-state index in [4.69, 9.17) is 0 Å². The fourth-order valence-electron chi connectivity index (χ4n) is 6.40. The molecule has 0 radical (unpaired) electrons. The Morgan fingerprint density at radius 3 is 2.17 bits per heavy atom. The SMILES string of the molecule is CCCC(=O)C1(CCO)C=CC(N2CCCCC2C(O)(c2ccccc2)c2ccccc2)=CC1(C)C. The molecule has 192 valence electrons. The third kappa shape index (κ3) is 4.57. The van der Waals surface area contributed by atoms with Gasteiger partial charge in [0.1, 0.15) is 11.4 Å². The van der Waals surface area contributed by atoms with Crippen molar-refractivity contribution in [1.29, 1.82) is 0 Å². The molecule has 2 N–H and O–H groups in total. The topological polar surface area (TPSA) is 60.8 Å². The van der Waals surface area contributed by atoms with Crippen molar-refractivity contribution in [2.24, 2.45) is 10.8 Å². The van der Waals surface area contributed by atoms with Gasteiger partial charge in [0.05, 0.1) is 11.5 Å². The largest absolute Gasteiger partial charge is 0.396 e. The molecule has 0 aromatic heterocycles. The van der Waals surface area contributed by atoms with Gasteiger partial charge in [-0.1, -0.05) is 93.6 Å². The van der Waals surface area contributed by atoms with Gasteiger partial charge in [-0.3, -0.25) is 4.79 Å². The molecular weight excluding hydrogens is 446 g/mol. The Labute approximate surface area is 216 Å². The minimum Gasteiger partial charge on any atom is -0.396 e. The molecule has 0 spiro atoms. The number of hydrogen-bond donors (Lipinski definition) is 2. The highest BCUT2D eigenvalue weighted by Crippen LogP contribution is 2.51. The number of carbonyl (C=O) groups excluding carboxylic acids is 1. The molecular formula is C32H41NO3. The van der Waals surface area contributed by atoms with E-state index < -0.39 is 16.4 Å². The Morgan fingerprint density at radius 1 is 1.03 bits per heavy atom. The van der Waals surface area contributed by atoms with Crippen LogP contribution in [0.25, 0.3) is 0 Å². The van der Waals surface area contributed by atoms with Crippen molar-refractivity contribution in [2.75, 3.05) is 13.2 Å². The van der Waals surface area contributed by atoms with E-state index in [1.54, 1.807) is 0 Å². The molecule has 2 aliphatic rings. The Bertz CT molecular complexity index is 1050. The second-order valence-electron chi connectivity index (χ2n) is 10.9. The Balaban J connectivity index is 1.79. The summed E-state index contributed by atoms with van der Waals surface area (Å²) in [4.78, 5) is 15.7. The molecule has 2 aromatic carbocycles. The number of rotatable bonds is 9. The van der Waals surface area contributed by atoms with E-state index in [1.807, 2.05) is 73.7 Å². The molecule has 2 aromatic rings. The van der Waals surface area contributed by atoms with Crippen LogP contribution < -0.4 is 0 Å². The molecule has 1 fully saturated rings. The fourth-order valence-corrected chi connectivity index (χ4v) is 6.40. The van der Waals surface area contributed by atoms with Gasteiger partial charge in [-0.25, -0.2) is 0 Å². The lowest BCUT2D eigenvalue weighted by molar-refractivity contribution is -0.131. The summed E-state index contributed by atoms with van der Waals surface area (Å²) in [5.74, 6) is 0.191. The van der Waals surface area contributed by atoms with E-state index in [9.17, 15) is 15.0 Å². The molecule has 0 saturated carbocycles. The number of allylic oxidation sites excluding steroid dienone is 3. The summed E-state index contributed by atoms with van der Waals surface area (Å²) in [6.07, 6.45) is 11.0. The number of likely N-dealkylation sites (tertiary alicyclic amines) is 1. The number of hydrogen-bond acceptors (Lipinski definition) is 4. The van der Waals surface area contributed by atoms with Crippen molar-refractivity contribution in [2.45, 2.75) is 70.9 Å². The summed E-state index contributed by atoms with van der Waals surface area (Å²) in [6, 6.07) is 19.8. The first-order valence-electron chi connectivity index (χ1n) is 13.5. The van der Waals surface area contributed by atoms with Crippen molar-refractivity contribution in [1.82, 2.24) is 4.90 Å². The molecule has 1 aliphatic carbocycles. The fraction of sp³-hybridized carbons (Fsp3) is 0.469. The average molecular weight is 488 g/mol. The summed E-state index contributed by atoms with van der Waals surface area (Å²) in [5, 5.41) is 22.5. The Morgan fingerprint density at radius 2 is 1.64 bits per heavy atom. The molecule has 4 heteroatoms. The second kappa shape index (κ2) is 10.7. The number of nitrogens with zero attached hydrogens (tertiary/aromatic N) is 1. The number of aliphatic hydroxyl groups excluding tert-OH is 1. The van der Waals surface area contributed by atoms with Crippen LogP contribution in [0.5, 0.6) is 0 Å². The Hall–Kier alpha value is -2.69. The van der Waals surface area contributed by atoms with E-state index >= 15 is 0 Å². The molecule has 1 heterocycles. The number of piperidine rings is 1. The minimum absolute atomic E-state index is 0.0273. The third-order valence-corrected chi connectivity index (χ3v) is 8.42. The molecule has 36 heavy (non-hydrogen) atoms. The summed E-state index contributed by atoms with van der Waals surface area (Å²) >= 11 is 0. The number of ketones is 1. The second-order valence-corrected chi connectivity index (χ2v) is 10.9. The lowest BCUT2D eigenvalue weighted by Gasteiger charge is -2.51. The zero-order chi connectivity index (χ0) is 25.8. The first-order chi connectivity index (χ1) is 17.3. The molecule has 4 rings (SSSR count). The first kappa shape index (κ1) is 26.4. The van der Waals surface area contributed by atoms with Gasteiger partial charge in [0.25, 0.3) is 0 Å². The maximum Gasteiger partial charge on any atom is 0.143 e. The molecule has 2 unspecified atom stereocenters. The van der Waals surface area contributed by atoms with Crippen LogP contribution >= 0.6 is 0 Å². The van der Waals surface area contributed by atoms with Gasteiger partial charge in [0.15, 0.2) is 0 Å². The molecule has 0 bridgehead atoms. The van der Waals surface area contributed by atoms with Gasteiger partial charge in [-0.2, -0.15) is 0 Å². The van der Waals surface area contributed by atoms with E-state index in [1.165, 1.54) is 0 Å². The van der Waals surface area contributed by atoms with Gasteiger partial charge in [-0.05, 0) is 49.3 Å². The predicted octanol–water partition coefficient (Wildman–Crippen LogP) is 5.99. The minimum atomic E-state index is -1.18. The monoisotopic (exact) mass is 487 g/mol. The van der Waals surface area contributed by atoms with E-state index in [0.29, 0.717) is 12.8 Å². The van der Waals surface area contributed by atoms with Gasteiger partial charge in [-0.15, -0.1) is 0 Å². The Kier molecular flexibility index (Phi) is 7.87. The van der Waals surface area contributed by atoms with Crippen molar-refractivity contribution in [3.8, 4) is 0 Å². The zero-order valence-corrected chi connectivity index (χ0v) is 22.0. The molecule has 4 nitrogen and oxygen atoms in total. The van der Waals surface area contributed by atoms with Crippen LogP contribution in [0.2, 0.25) is 0 Å². The molecule has 0 amide bonds. The number of Topliss-reactive ketones (excluding diaryl/α,β-unsaturated/α-hetero) is 1. The predicted molar refractivity (Wildman–Crippen MR) is 145 cm³/mol. The van der Waals surface area contributed by atoms with Gasteiger partial charge in [0, 0.05) is 30.7 Å². The summed E-state index contributed by atoms with van der Waals surface area (Å²) in [5.41, 5.74) is 0.459. The van der Waals surface area contributed by atoms with E-state index in [2.05, 4.69) is 30.9 Å². The molecule has 2 atom stereocenters. The lowest BCUT2D eigenvalue weighted by Crippen LogP contribution is -2.54. The van der Waals surface area contributed by atoms with Crippen molar-refractivity contribution < 1.29 is 15.0 Å². The van der Waals surface area contributed by atoms with Crippen LogP contribution in [0, 0.1) is 10.8 Å². The van der Waals surface area contributed by atoms with Crippen LogP contribution in [0.15, 0.2) is 84.6 Å². The highest BCUT2D eigenvalue weighted by atomic mass is 16.3. The van der Waals surface area contributed by atoms with Crippen LogP contribution in [0.1, 0.15) is 70.4 Å². The maximum atomic E-state index is 13.4. The lowest BCUT2D eigenvalue weighted by atomic mass is 9.58. The van der Waals surface area contributed by atoms with Gasteiger partial charge >= 0.3 is 0 Å². The highest BCUT2D eigenvalue weighted by molar-refractivity contribution is 5.88. The van der Waals surface area contributed by atoms with Crippen LogP contribution in [0.3, 0.4) is 0 Å². The summed E-state index contributed by atoms with van der Waals surface area (Å²) in [6.45, 7) is 7.06. The number of benzene rings is 2. The first-order valence-corrected chi connectivity index (χ1v) is 13.5. The van der Waals surface area contributed by atoms with Crippen molar-refractivity contribution in [3.63, 3.8) is 0 Å². The quantitative estimate of drug-likeness (QED) is 0.456. The normalized spacial score (nSPS) is 23.9. The maximum absolute atomic E-state index is 13.4. The highest BCUT2D eigenvalue weighted by Gasteiger charge is 2.50. The smallest absolute Gasteiger partial charge is 0.143 e. The third-order valence-electron chi connectivity index (χ3n) is 8.42. The van der Waals surface area contributed by atoms with Crippen LogP contribution in [0.4, 0.5) is 0 Å². The van der Waals surface area contributed by atoms with E-state index in [-0.39, 0.29) is 18.4 Å². The zero-order valence-electron chi connectivity index (χ0n) is 22.0. The molecule has 1 saturated heterocycles. The molecule has 1 aliphatic heterocycles. The number of carbonyl (C=O) groups is 1. The van der Waals surface area contributed by atoms with Crippen LogP contribution in [-0.2, 0) is 10.4 Å². The van der Waals surface area contributed by atoms with Crippen molar-refractivity contribution >= 4 is 5.78 Å². The van der Waals surface area contributed by atoms with Gasteiger partial charge < -0.3 is 15.1 Å². The number of aliphatic hydroxyl groups is 2. The standard InChI is InChI=1S/C32H41NO3/c1-4-13-29(35)31(21-23-34)20-19-27(24-30(31,2)3)33-22-12-11-18-28(33)32(36,25-14-7-5-8-15-25)26-16-9-6-10-17-26/h5-10,14-17,19-20,24,28,34,36H,4,11-13,18,21-23H2,1-3H3. The van der Waals surface area contributed by atoms with E-state index in [0.717, 1.165) is 49.1 Å². The summed E-state index contributed by atoms with van der Waals surface area (Å²) in [7, 11) is 0. The summed E-state index contributed by atoms with van der Waals surface area (Å²) < 4.78 is 0. The average Bonchev–Trinajstić information content (AvgIpc) is 2.90. The van der Waals surface area contributed by atoms with Crippen LogP contribution in [-0.4, -0.2) is 40.1 Å².